The minimum absolute atomic E-state index is 0.0549. The van der Waals surface area contributed by atoms with Gasteiger partial charge in [0.15, 0.2) is 9.84 Å². The number of pyridine rings is 1. The van der Waals surface area contributed by atoms with Crippen molar-refractivity contribution in [3.63, 3.8) is 0 Å². The van der Waals surface area contributed by atoms with Crippen LogP contribution in [0.15, 0.2) is 18.3 Å². The standard InChI is InChI=1S/C17H26N4O4S/c1-20(15-4-11-26(23,24)13-15)16-3-2-14(12-19-16)17(22)18-5-6-21-7-9-25-10-8-21/h2-3,12,15H,4-11,13H2,1H3,(H,18,22). The van der Waals surface area contributed by atoms with Crippen LogP contribution >= 0.6 is 0 Å². The third kappa shape index (κ3) is 4.93. The molecule has 1 aromatic rings. The average Bonchev–Trinajstić information content (AvgIpc) is 3.02. The molecule has 26 heavy (non-hydrogen) atoms. The Balaban J connectivity index is 1.49. The molecule has 0 saturated carbocycles. The van der Waals surface area contributed by atoms with E-state index in [1.54, 1.807) is 18.3 Å². The lowest BCUT2D eigenvalue weighted by Gasteiger charge is -2.26. The van der Waals surface area contributed by atoms with Crippen molar-refractivity contribution >= 4 is 21.6 Å². The van der Waals surface area contributed by atoms with Gasteiger partial charge in [-0.15, -0.1) is 0 Å². The molecule has 9 heteroatoms. The molecule has 2 aliphatic heterocycles. The summed E-state index contributed by atoms with van der Waals surface area (Å²) in [5.41, 5.74) is 0.503. The molecular weight excluding hydrogens is 356 g/mol. The Morgan fingerprint density at radius 1 is 1.38 bits per heavy atom. The van der Waals surface area contributed by atoms with E-state index in [4.69, 9.17) is 4.74 Å². The molecule has 0 aliphatic carbocycles. The summed E-state index contributed by atoms with van der Waals surface area (Å²) in [5, 5.41) is 2.91. The number of carbonyl (C=O) groups is 1. The Hall–Kier alpha value is -1.71. The molecule has 0 spiro atoms. The second-order valence-corrected chi connectivity index (χ2v) is 9.01. The first-order valence-electron chi connectivity index (χ1n) is 8.92. The summed E-state index contributed by atoms with van der Waals surface area (Å²) < 4.78 is 28.5. The van der Waals surface area contributed by atoms with Crippen molar-refractivity contribution in [3.8, 4) is 0 Å². The van der Waals surface area contributed by atoms with Crippen LogP contribution in [0.5, 0.6) is 0 Å². The first kappa shape index (κ1) is 19.1. The molecule has 2 aliphatic rings. The van der Waals surface area contributed by atoms with Gasteiger partial charge in [-0.2, -0.15) is 0 Å². The van der Waals surface area contributed by atoms with E-state index >= 15 is 0 Å². The molecule has 3 heterocycles. The number of morpholine rings is 1. The third-order valence-corrected chi connectivity index (χ3v) is 6.70. The Labute approximate surface area is 154 Å². The highest BCUT2D eigenvalue weighted by Gasteiger charge is 2.31. The van der Waals surface area contributed by atoms with Crippen LogP contribution in [-0.2, 0) is 14.6 Å². The molecule has 0 radical (unpaired) electrons. The van der Waals surface area contributed by atoms with Gasteiger partial charge in [-0.05, 0) is 18.6 Å². The Morgan fingerprint density at radius 3 is 2.77 bits per heavy atom. The van der Waals surface area contributed by atoms with Gasteiger partial charge in [0.05, 0.1) is 30.3 Å². The van der Waals surface area contributed by atoms with Crippen LogP contribution in [0.2, 0.25) is 0 Å². The summed E-state index contributed by atoms with van der Waals surface area (Å²) >= 11 is 0. The lowest BCUT2D eigenvalue weighted by Crippen LogP contribution is -2.41. The van der Waals surface area contributed by atoms with Gasteiger partial charge in [0.1, 0.15) is 5.82 Å². The topological polar surface area (TPSA) is 91.8 Å². The fourth-order valence-electron chi connectivity index (χ4n) is 3.25. The van der Waals surface area contributed by atoms with Crippen LogP contribution < -0.4 is 10.2 Å². The molecule has 0 aromatic carbocycles. The van der Waals surface area contributed by atoms with E-state index in [1.807, 2.05) is 11.9 Å². The second-order valence-electron chi connectivity index (χ2n) is 6.78. The highest BCUT2D eigenvalue weighted by Crippen LogP contribution is 2.21. The predicted octanol–water partition coefficient (Wildman–Crippen LogP) is -0.233. The number of anilines is 1. The Kier molecular flexibility index (Phi) is 6.10. The van der Waals surface area contributed by atoms with Crippen LogP contribution in [0.3, 0.4) is 0 Å². The summed E-state index contributed by atoms with van der Waals surface area (Å²) in [4.78, 5) is 20.7. The number of aromatic nitrogens is 1. The van der Waals surface area contributed by atoms with Gasteiger partial charge < -0.3 is 15.0 Å². The third-order valence-electron chi connectivity index (χ3n) is 4.94. The number of ether oxygens (including phenoxy) is 1. The van der Waals surface area contributed by atoms with Crippen molar-refractivity contribution < 1.29 is 17.9 Å². The maximum atomic E-state index is 12.2. The van der Waals surface area contributed by atoms with E-state index in [2.05, 4.69) is 15.2 Å². The molecule has 1 atom stereocenters. The van der Waals surface area contributed by atoms with Crippen molar-refractivity contribution in [1.29, 1.82) is 0 Å². The van der Waals surface area contributed by atoms with Crippen molar-refractivity contribution in [1.82, 2.24) is 15.2 Å². The van der Waals surface area contributed by atoms with Gasteiger partial charge in [0.2, 0.25) is 0 Å². The predicted molar refractivity (Wildman–Crippen MR) is 99.3 cm³/mol. The van der Waals surface area contributed by atoms with Crippen molar-refractivity contribution in [3.05, 3.63) is 23.9 Å². The lowest BCUT2D eigenvalue weighted by atomic mass is 10.2. The van der Waals surface area contributed by atoms with E-state index < -0.39 is 9.84 Å². The Morgan fingerprint density at radius 2 is 2.15 bits per heavy atom. The molecule has 1 N–H and O–H groups in total. The quantitative estimate of drug-likeness (QED) is 0.726. The fraction of sp³-hybridized carbons (Fsp3) is 0.647. The number of amides is 1. The zero-order valence-corrected chi connectivity index (χ0v) is 15.9. The monoisotopic (exact) mass is 382 g/mol. The number of hydrogen-bond acceptors (Lipinski definition) is 7. The molecule has 144 valence electrons. The van der Waals surface area contributed by atoms with Crippen LogP contribution in [0.1, 0.15) is 16.8 Å². The number of nitrogens with zero attached hydrogens (tertiary/aromatic N) is 3. The number of nitrogens with one attached hydrogen (secondary N) is 1. The summed E-state index contributed by atoms with van der Waals surface area (Å²) in [6.07, 6.45) is 2.16. The molecule has 1 aromatic heterocycles. The van der Waals surface area contributed by atoms with Crippen LogP contribution in [0, 0.1) is 0 Å². The van der Waals surface area contributed by atoms with Crippen molar-refractivity contribution in [2.75, 3.05) is 62.8 Å². The maximum absolute atomic E-state index is 12.2. The van der Waals surface area contributed by atoms with E-state index in [9.17, 15) is 13.2 Å². The average molecular weight is 382 g/mol. The smallest absolute Gasteiger partial charge is 0.252 e. The number of rotatable bonds is 6. The molecule has 3 rings (SSSR count). The molecule has 8 nitrogen and oxygen atoms in total. The highest BCUT2D eigenvalue weighted by molar-refractivity contribution is 7.91. The van der Waals surface area contributed by atoms with Crippen LogP contribution in [-0.4, -0.2) is 88.2 Å². The van der Waals surface area contributed by atoms with E-state index in [-0.39, 0.29) is 23.5 Å². The summed E-state index contributed by atoms with van der Waals surface area (Å²) in [6, 6.07) is 3.44. The summed E-state index contributed by atoms with van der Waals surface area (Å²) in [6.45, 7) is 4.68. The normalized spacial score (nSPS) is 22.9. The number of sulfone groups is 1. The summed E-state index contributed by atoms with van der Waals surface area (Å²) in [5.74, 6) is 0.918. The summed E-state index contributed by atoms with van der Waals surface area (Å²) in [7, 11) is -1.09. The SMILES string of the molecule is CN(c1ccc(C(=O)NCCN2CCOCC2)cn1)C1CCS(=O)(=O)C1. The minimum atomic E-state index is -2.94. The second kappa shape index (κ2) is 8.32. The molecular formula is C17H26N4O4S. The molecule has 1 amide bonds. The van der Waals surface area contributed by atoms with Crippen molar-refractivity contribution in [2.45, 2.75) is 12.5 Å². The lowest BCUT2D eigenvalue weighted by molar-refractivity contribution is 0.0383. The zero-order chi connectivity index (χ0) is 18.6. The molecule has 0 bridgehead atoms. The van der Waals surface area contributed by atoms with E-state index in [1.165, 1.54) is 0 Å². The van der Waals surface area contributed by atoms with E-state index in [0.29, 0.717) is 24.3 Å². The van der Waals surface area contributed by atoms with Gasteiger partial charge in [0.25, 0.3) is 5.91 Å². The first-order chi connectivity index (χ1) is 12.4. The minimum Gasteiger partial charge on any atom is -0.379 e. The van der Waals surface area contributed by atoms with Gasteiger partial charge in [-0.1, -0.05) is 0 Å². The number of hydrogen-bond donors (Lipinski definition) is 1. The first-order valence-corrected chi connectivity index (χ1v) is 10.7. The maximum Gasteiger partial charge on any atom is 0.252 e. The van der Waals surface area contributed by atoms with Crippen LogP contribution in [0.4, 0.5) is 5.82 Å². The molecule has 1 unspecified atom stereocenters. The van der Waals surface area contributed by atoms with Gasteiger partial charge in [-0.3, -0.25) is 9.69 Å². The molecule has 2 fully saturated rings. The fourth-order valence-corrected chi connectivity index (χ4v) is 5.03. The largest absolute Gasteiger partial charge is 0.379 e. The van der Waals surface area contributed by atoms with Gasteiger partial charge in [-0.25, -0.2) is 13.4 Å². The van der Waals surface area contributed by atoms with Crippen molar-refractivity contribution in [2.24, 2.45) is 0 Å². The van der Waals surface area contributed by atoms with Gasteiger partial charge >= 0.3 is 0 Å². The zero-order valence-electron chi connectivity index (χ0n) is 15.1. The van der Waals surface area contributed by atoms with Gasteiger partial charge in [0, 0.05) is 45.5 Å². The number of carbonyl (C=O) groups excluding carboxylic acids is 1. The molecule has 2 saturated heterocycles. The van der Waals surface area contributed by atoms with E-state index in [0.717, 1.165) is 32.8 Å². The van der Waals surface area contributed by atoms with Crippen LogP contribution in [0.25, 0.3) is 0 Å². The highest BCUT2D eigenvalue weighted by atomic mass is 32.2. The Bertz CT molecular complexity index is 717.